The maximum Gasteiger partial charge on any atom is 0.216 e. The van der Waals surface area contributed by atoms with Gasteiger partial charge in [-0.1, -0.05) is 13.8 Å². The van der Waals surface area contributed by atoms with Crippen LogP contribution in [0.3, 0.4) is 0 Å². The minimum absolute atomic E-state index is 0.656. The minimum atomic E-state index is 0.656. The van der Waals surface area contributed by atoms with E-state index < -0.39 is 0 Å². The number of hydrogen-bond acceptors (Lipinski definition) is 3. The fourth-order valence-electron chi connectivity index (χ4n) is 0.851. The Morgan fingerprint density at radius 3 is 2.55 bits per heavy atom. The van der Waals surface area contributed by atoms with Crippen LogP contribution in [-0.2, 0) is 6.42 Å². The topological polar surface area (TPSA) is 38.9 Å². The Kier molecular flexibility index (Phi) is 2.63. The molecule has 0 saturated heterocycles. The summed E-state index contributed by atoms with van der Waals surface area (Å²) in [4.78, 5) is 0. The van der Waals surface area contributed by atoms with E-state index in [9.17, 15) is 0 Å². The van der Waals surface area contributed by atoms with Gasteiger partial charge in [0, 0.05) is 13.3 Å². The second kappa shape index (κ2) is 3.51. The summed E-state index contributed by atoms with van der Waals surface area (Å²) in [6.45, 7) is 6.18. The van der Waals surface area contributed by atoms with Gasteiger partial charge in [-0.2, -0.15) is 0 Å². The van der Waals surface area contributed by atoms with Crippen LogP contribution in [-0.4, -0.2) is 10.2 Å². The lowest BCUT2D eigenvalue weighted by molar-refractivity contribution is 0.443. The van der Waals surface area contributed by atoms with Gasteiger partial charge in [-0.05, 0) is 12.3 Å². The van der Waals surface area contributed by atoms with E-state index in [0.29, 0.717) is 11.8 Å². The number of hydrogen-bond donors (Lipinski definition) is 0. The number of nitrogens with zero attached hydrogens (tertiary/aromatic N) is 2. The van der Waals surface area contributed by atoms with E-state index >= 15 is 0 Å². The standard InChI is InChI=1S/C8H14N2O/c1-6(2)4-5-8-10-9-7(3)11-8/h6H,4-5H2,1-3H3. The van der Waals surface area contributed by atoms with E-state index in [0.717, 1.165) is 18.7 Å². The van der Waals surface area contributed by atoms with Gasteiger partial charge in [0.25, 0.3) is 0 Å². The Balaban J connectivity index is 2.39. The molecule has 0 aliphatic carbocycles. The molecule has 0 bridgehead atoms. The molecule has 3 heteroatoms. The van der Waals surface area contributed by atoms with Gasteiger partial charge >= 0.3 is 0 Å². The third-order valence-corrected chi connectivity index (χ3v) is 1.50. The largest absolute Gasteiger partial charge is 0.426 e. The van der Waals surface area contributed by atoms with Crippen LogP contribution in [0.4, 0.5) is 0 Å². The molecule has 0 aromatic carbocycles. The molecule has 0 aliphatic heterocycles. The summed E-state index contributed by atoms with van der Waals surface area (Å²) in [7, 11) is 0. The first-order valence-corrected chi connectivity index (χ1v) is 3.97. The van der Waals surface area contributed by atoms with Gasteiger partial charge in [0.1, 0.15) is 0 Å². The Labute approximate surface area is 66.8 Å². The molecular formula is C8H14N2O. The Morgan fingerprint density at radius 1 is 1.36 bits per heavy atom. The molecule has 0 saturated carbocycles. The van der Waals surface area contributed by atoms with E-state index in [1.165, 1.54) is 0 Å². The average Bonchev–Trinajstić information content (AvgIpc) is 2.31. The summed E-state index contributed by atoms with van der Waals surface area (Å²) in [6, 6.07) is 0. The summed E-state index contributed by atoms with van der Waals surface area (Å²) in [5, 5.41) is 7.65. The van der Waals surface area contributed by atoms with Crippen LogP contribution >= 0.6 is 0 Å². The van der Waals surface area contributed by atoms with Gasteiger partial charge < -0.3 is 4.42 Å². The molecule has 0 N–H and O–H groups in total. The van der Waals surface area contributed by atoms with Gasteiger partial charge in [-0.25, -0.2) is 0 Å². The smallest absolute Gasteiger partial charge is 0.216 e. The average molecular weight is 154 g/mol. The highest BCUT2D eigenvalue weighted by atomic mass is 16.4. The molecule has 62 valence electrons. The molecule has 1 aromatic rings. The molecule has 0 amide bonds. The van der Waals surface area contributed by atoms with Crippen molar-refractivity contribution in [1.82, 2.24) is 10.2 Å². The van der Waals surface area contributed by atoms with Crippen molar-refractivity contribution in [3.8, 4) is 0 Å². The highest BCUT2D eigenvalue weighted by molar-refractivity contribution is 4.78. The van der Waals surface area contributed by atoms with E-state index in [-0.39, 0.29) is 0 Å². The Hall–Kier alpha value is -0.860. The van der Waals surface area contributed by atoms with Crippen LogP contribution in [0.5, 0.6) is 0 Å². The normalized spacial score (nSPS) is 10.9. The van der Waals surface area contributed by atoms with Crippen molar-refractivity contribution in [2.75, 3.05) is 0 Å². The van der Waals surface area contributed by atoms with E-state index in [4.69, 9.17) is 4.42 Å². The van der Waals surface area contributed by atoms with Crippen LogP contribution in [0.2, 0.25) is 0 Å². The lowest BCUT2D eigenvalue weighted by Gasteiger charge is -1.98. The molecule has 1 rings (SSSR count). The van der Waals surface area contributed by atoms with Crippen molar-refractivity contribution in [3.63, 3.8) is 0 Å². The molecule has 0 atom stereocenters. The lowest BCUT2D eigenvalue weighted by Crippen LogP contribution is -1.91. The Morgan fingerprint density at radius 2 is 2.09 bits per heavy atom. The van der Waals surface area contributed by atoms with Crippen LogP contribution in [0.15, 0.2) is 4.42 Å². The molecule has 1 heterocycles. The monoisotopic (exact) mass is 154 g/mol. The fourth-order valence-corrected chi connectivity index (χ4v) is 0.851. The first-order chi connectivity index (χ1) is 5.18. The van der Waals surface area contributed by atoms with Crippen molar-refractivity contribution in [1.29, 1.82) is 0 Å². The lowest BCUT2D eigenvalue weighted by atomic mass is 10.1. The van der Waals surface area contributed by atoms with Crippen molar-refractivity contribution in [3.05, 3.63) is 11.8 Å². The molecule has 11 heavy (non-hydrogen) atoms. The van der Waals surface area contributed by atoms with Crippen LogP contribution in [0, 0.1) is 12.8 Å². The number of rotatable bonds is 3. The van der Waals surface area contributed by atoms with Gasteiger partial charge in [0.05, 0.1) is 0 Å². The molecule has 1 aromatic heterocycles. The zero-order valence-electron chi connectivity index (χ0n) is 7.29. The zero-order chi connectivity index (χ0) is 8.27. The van der Waals surface area contributed by atoms with E-state index in [1.807, 2.05) is 6.92 Å². The third-order valence-electron chi connectivity index (χ3n) is 1.50. The first-order valence-electron chi connectivity index (χ1n) is 3.97. The predicted octanol–water partition coefficient (Wildman–Crippen LogP) is 1.97. The molecular weight excluding hydrogens is 140 g/mol. The quantitative estimate of drug-likeness (QED) is 0.668. The highest BCUT2D eigenvalue weighted by Crippen LogP contribution is 2.06. The summed E-state index contributed by atoms with van der Waals surface area (Å²) >= 11 is 0. The van der Waals surface area contributed by atoms with Gasteiger partial charge in [-0.3, -0.25) is 0 Å². The van der Waals surface area contributed by atoms with Crippen molar-refractivity contribution in [2.24, 2.45) is 5.92 Å². The molecule has 3 nitrogen and oxygen atoms in total. The summed E-state index contributed by atoms with van der Waals surface area (Å²) in [6.07, 6.45) is 2.01. The summed E-state index contributed by atoms with van der Waals surface area (Å²) < 4.78 is 5.21. The molecule has 0 fully saturated rings. The minimum Gasteiger partial charge on any atom is -0.426 e. The molecule has 0 spiro atoms. The second-order valence-electron chi connectivity index (χ2n) is 3.15. The maximum absolute atomic E-state index is 5.21. The van der Waals surface area contributed by atoms with Crippen LogP contribution < -0.4 is 0 Å². The van der Waals surface area contributed by atoms with Gasteiger partial charge in [0.15, 0.2) is 0 Å². The molecule has 0 aliphatic rings. The van der Waals surface area contributed by atoms with Gasteiger partial charge in [0.2, 0.25) is 11.8 Å². The second-order valence-corrected chi connectivity index (χ2v) is 3.15. The summed E-state index contributed by atoms with van der Waals surface area (Å²) in [5.74, 6) is 2.11. The van der Waals surface area contributed by atoms with Crippen molar-refractivity contribution in [2.45, 2.75) is 33.6 Å². The van der Waals surface area contributed by atoms with E-state index in [1.54, 1.807) is 0 Å². The van der Waals surface area contributed by atoms with Gasteiger partial charge in [-0.15, -0.1) is 10.2 Å². The molecule has 0 radical (unpaired) electrons. The highest BCUT2D eigenvalue weighted by Gasteiger charge is 2.02. The summed E-state index contributed by atoms with van der Waals surface area (Å²) in [5.41, 5.74) is 0. The third kappa shape index (κ3) is 2.70. The van der Waals surface area contributed by atoms with Crippen LogP contribution in [0.25, 0.3) is 0 Å². The molecule has 0 unspecified atom stereocenters. The number of aryl methyl sites for hydroxylation is 2. The Bertz CT molecular complexity index is 218. The van der Waals surface area contributed by atoms with Crippen molar-refractivity contribution < 1.29 is 4.42 Å². The van der Waals surface area contributed by atoms with Crippen LogP contribution in [0.1, 0.15) is 32.0 Å². The SMILES string of the molecule is Cc1nnc(CCC(C)C)o1. The van der Waals surface area contributed by atoms with Crippen molar-refractivity contribution >= 4 is 0 Å². The van der Waals surface area contributed by atoms with E-state index in [2.05, 4.69) is 24.0 Å². The predicted molar refractivity (Wildman–Crippen MR) is 42.2 cm³/mol. The zero-order valence-corrected chi connectivity index (χ0v) is 7.29. The fraction of sp³-hybridized carbons (Fsp3) is 0.750. The maximum atomic E-state index is 5.21. The first kappa shape index (κ1) is 8.24. The number of aromatic nitrogens is 2.